The van der Waals surface area contributed by atoms with Crippen molar-refractivity contribution in [3.8, 4) is 34.5 Å². The van der Waals surface area contributed by atoms with Crippen LogP contribution in [-0.2, 0) is 23.8 Å². The van der Waals surface area contributed by atoms with Crippen molar-refractivity contribution in [2.45, 2.75) is 13.8 Å². The number of hydrogen-bond donors (Lipinski definition) is 0. The van der Waals surface area contributed by atoms with E-state index in [1.807, 2.05) is 0 Å². The molecule has 0 aliphatic heterocycles. The second kappa shape index (κ2) is 28.7. The van der Waals surface area contributed by atoms with Gasteiger partial charge in [-0.25, -0.2) is 0 Å². The maximum Gasteiger partial charge on any atom is 0.188 e. The number of hydrogen-bond acceptors (Lipinski definition) is 13. The maximum atomic E-state index is 10.7. The molecule has 0 aliphatic rings. The average Bonchev–Trinajstić information content (AvgIpc) is 2.90. The van der Waals surface area contributed by atoms with Crippen LogP contribution in [0.1, 0.15) is 13.8 Å². The molecule has 0 saturated heterocycles. The van der Waals surface area contributed by atoms with Crippen molar-refractivity contribution in [3.05, 3.63) is 72.8 Å². The largest absolute Gasteiger partial charge is 0.872 e. The Balaban J connectivity index is -0.000000477. The van der Waals surface area contributed by atoms with Crippen LogP contribution in [0.25, 0.3) is 0 Å². The quantitative estimate of drug-likeness (QED) is 0.196. The molecule has 0 fully saturated rings. The van der Waals surface area contributed by atoms with Gasteiger partial charge in [0.1, 0.15) is 17.2 Å². The molecular weight excluding hydrogens is 753 g/mol. The summed E-state index contributed by atoms with van der Waals surface area (Å²) < 4.78 is 29.0. The third-order valence-corrected chi connectivity index (χ3v) is 3.45. The summed E-state index contributed by atoms with van der Waals surface area (Å²) in [5.74, 6) is -0.714. The molecule has 0 aromatic heterocycles. The predicted octanol–water partition coefficient (Wildman–Crippen LogP) is -0.640. The molecule has 0 amide bonds. The Labute approximate surface area is 263 Å². The van der Waals surface area contributed by atoms with E-state index in [9.17, 15) is 15.3 Å². The van der Waals surface area contributed by atoms with Gasteiger partial charge in [-0.05, 0) is 50.2 Å². The summed E-state index contributed by atoms with van der Waals surface area (Å²) in [7, 11) is 4.59. The third-order valence-electron chi connectivity index (χ3n) is 3.45. The summed E-state index contributed by atoms with van der Waals surface area (Å²) in [4.78, 5) is 17.8. The Morgan fingerprint density at radius 2 is 0.762 bits per heavy atom. The number of methoxy groups -OCH3 is 3. The first-order chi connectivity index (χ1) is 19.4. The van der Waals surface area contributed by atoms with Crippen molar-refractivity contribution < 1.29 is 63.5 Å². The van der Waals surface area contributed by atoms with Gasteiger partial charge in [-0.1, -0.05) is 36.4 Å². The van der Waals surface area contributed by atoms with E-state index in [-0.39, 0.29) is 63.8 Å². The molecule has 14 heteroatoms. The molecule has 0 spiro atoms. The van der Waals surface area contributed by atoms with Gasteiger partial charge in [0.2, 0.25) is 0 Å². The van der Waals surface area contributed by atoms with Crippen LogP contribution in [0.15, 0.2) is 72.8 Å². The van der Waals surface area contributed by atoms with Crippen molar-refractivity contribution in [3.63, 3.8) is 0 Å². The second-order valence-corrected chi connectivity index (χ2v) is 7.06. The van der Waals surface area contributed by atoms with Gasteiger partial charge in [-0.2, -0.15) is 0 Å². The standard InChI is InChI=1S/3C8H10O3.2C2H4O2.Bi/c3*1-10-6-11-8-4-2-3-7(9)5-8;2*1-2(3)4;/h3*2-5,9H,6H2,1H3;2*1H3,(H,3,4);/p-5. The Morgan fingerprint density at radius 1 is 0.548 bits per heavy atom. The van der Waals surface area contributed by atoms with Crippen LogP contribution in [0.4, 0.5) is 0 Å². The number of ether oxygens (including phenoxy) is 6. The normalized spacial score (nSPS) is 8.69. The first-order valence-electron chi connectivity index (χ1n) is 11.5. The zero-order chi connectivity index (χ0) is 31.5. The summed E-state index contributed by atoms with van der Waals surface area (Å²) >= 11 is 0. The van der Waals surface area contributed by atoms with E-state index >= 15 is 0 Å². The van der Waals surface area contributed by atoms with Crippen molar-refractivity contribution in [2.24, 2.45) is 0 Å². The summed E-state index contributed by atoms with van der Waals surface area (Å²) in [5, 5.41) is 50.0. The fourth-order valence-electron chi connectivity index (χ4n) is 2.07. The summed E-state index contributed by atoms with van der Waals surface area (Å²) in [6.07, 6.45) is 0. The molecule has 3 radical (unpaired) electrons. The van der Waals surface area contributed by atoms with E-state index in [0.717, 1.165) is 13.8 Å². The van der Waals surface area contributed by atoms with Crippen LogP contribution in [0.2, 0.25) is 0 Å². The fraction of sp³-hybridized carbons (Fsp3) is 0.286. The van der Waals surface area contributed by atoms with Gasteiger partial charge in [0.15, 0.2) is 20.4 Å². The number of carboxylic acids is 2. The van der Waals surface area contributed by atoms with E-state index in [1.54, 1.807) is 36.4 Å². The summed E-state index contributed by atoms with van der Waals surface area (Å²) in [5.41, 5.74) is 0. The molecule has 0 N–H and O–H groups in total. The predicted molar refractivity (Wildman–Crippen MR) is 142 cm³/mol. The maximum absolute atomic E-state index is 10.7. The zero-order valence-electron chi connectivity index (χ0n) is 23.8. The van der Waals surface area contributed by atoms with Gasteiger partial charge in [-0.3, -0.25) is 0 Å². The summed E-state index contributed by atoms with van der Waals surface area (Å²) in [6, 6.07) is 18.7. The third kappa shape index (κ3) is 30.7. The molecule has 0 aliphatic carbocycles. The van der Waals surface area contributed by atoms with Crippen LogP contribution >= 0.6 is 0 Å². The summed E-state index contributed by atoms with van der Waals surface area (Å²) in [6.45, 7) is 2.45. The molecule has 0 unspecified atom stereocenters. The minimum Gasteiger partial charge on any atom is -0.872 e. The first kappa shape index (κ1) is 42.6. The number of carbonyl (C=O) groups is 2. The van der Waals surface area contributed by atoms with E-state index in [0.29, 0.717) is 17.2 Å². The Bertz CT molecular complexity index is 959. The molecule has 3 aromatic rings. The van der Waals surface area contributed by atoms with Gasteiger partial charge >= 0.3 is 0 Å². The number of benzene rings is 3. The van der Waals surface area contributed by atoms with Gasteiger partial charge < -0.3 is 63.5 Å². The van der Waals surface area contributed by atoms with Crippen molar-refractivity contribution in [1.29, 1.82) is 0 Å². The van der Waals surface area contributed by atoms with E-state index in [4.69, 9.17) is 34.0 Å². The van der Waals surface area contributed by atoms with E-state index in [1.165, 1.54) is 57.7 Å². The molecular formula is C28H33BiO13-5. The number of carboxylic acid groups (broad SMARTS) is 2. The zero-order valence-corrected chi connectivity index (χ0v) is 27.3. The van der Waals surface area contributed by atoms with E-state index in [2.05, 4.69) is 14.2 Å². The van der Waals surface area contributed by atoms with Gasteiger partial charge in [0.25, 0.3) is 0 Å². The molecule has 3 rings (SSSR count). The number of carbonyl (C=O) groups excluding carboxylic acids is 2. The van der Waals surface area contributed by atoms with Crippen LogP contribution in [-0.4, -0.2) is 79.9 Å². The second-order valence-electron chi connectivity index (χ2n) is 7.06. The monoisotopic (exact) mass is 786 g/mol. The van der Waals surface area contributed by atoms with Crippen LogP contribution in [0.5, 0.6) is 34.5 Å². The van der Waals surface area contributed by atoms with Crippen LogP contribution in [0, 0.1) is 0 Å². The minimum atomic E-state index is -1.08. The SMILES string of the molecule is CC(=O)[O-].CC(=O)[O-].COCOc1cccc([O-])c1.COCOc1cccc([O-])c1.COCOc1cccc([O-])c1.[Bi]. The first-order valence-corrected chi connectivity index (χ1v) is 11.5. The van der Waals surface area contributed by atoms with E-state index < -0.39 is 11.9 Å². The van der Waals surface area contributed by atoms with Crippen molar-refractivity contribution in [1.82, 2.24) is 0 Å². The van der Waals surface area contributed by atoms with Crippen LogP contribution in [0.3, 0.4) is 0 Å². The smallest absolute Gasteiger partial charge is 0.188 e. The molecule has 0 bridgehead atoms. The number of aliphatic carboxylic acids is 2. The van der Waals surface area contributed by atoms with Crippen molar-refractivity contribution in [2.75, 3.05) is 41.7 Å². The van der Waals surface area contributed by atoms with Gasteiger partial charge in [0, 0.05) is 59.5 Å². The van der Waals surface area contributed by atoms with Gasteiger partial charge in [-0.15, -0.1) is 17.2 Å². The Hall–Kier alpha value is -3.84. The molecule has 0 atom stereocenters. The Kier molecular flexibility index (Phi) is 29.1. The Morgan fingerprint density at radius 3 is 0.929 bits per heavy atom. The van der Waals surface area contributed by atoms with Gasteiger partial charge in [0.05, 0.1) is 0 Å². The fourth-order valence-corrected chi connectivity index (χ4v) is 2.07. The molecule has 0 saturated carbocycles. The average molecular weight is 787 g/mol. The van der Waals surface area contributed by atoms with Crippen LogP contribution < -0.4 is 39.7 Å². The molecule has 13 nitrogen and oxygen atoms in total. The molecule has 3 aromatic carbocycles. The van der Waals surface area contributed by atoms with Crippen molar-refractivity contribution >= 4 is 38.1 Å². The molecule has 0 heterocycles. The topological polar surface area (TPSA) is 205 Å². The number of rotatable bonds is 9. The minimum absolute atomic E-state index is 0. The molecule has 42 heavy (non-hydrogen) atoms. The molecule has 233 valence electrons.